The van der Waals surface area contributed by atoms with Crippen molar-refractivity contribution in [3.05, 3.63) is 35.0 Å². The standard InChI is InChI=1S/C17H22N2O4S/c1-5-22-15-11(8-7-9-12(15)21-4)14-13(16(20)23-6-2)10(3)18-17(24)19-14/h7-9,14H,5-6H2,1-4H3,(H2,18,19,24)/t14-/m0/s1. The van der Waals surface area contributed by atoms with E-state index < -0.39 is 12.0 Å². The van der Waals surface area contributed by atoms with Gasteiger partial charge in [-0.3, -0.25) is 0 Å². The van der Waals surface area contributed by atoms with Crippen molar-refractivity contribution < 1.29 is 19.0 Å². The maximum Gasteiger partial charge on any atom is 0.338 e. The van der Waals surface area contributed by atoms with Gasteiger partial charge >= 0.3 is 5.97 Å². The maximum absolute atomic E-state index is 12.4. The monoisotopic (exact) mass is 350 g/mol. The van der Waals surface area contributed by atoms with Gasteiger partial charge in [0.15, 0.2) is 16.6 Å². The summed E-state index contributed by atoms with van der Waals surface area (Å²) in [6, 6.07) is 5.07. The molecule has 2 rings (SSSR count). The third kappa shape index (κ3) is 3.62. The van der Waals surface area contributed by atoms with E-state index in [1.807, 2.05) is 25.1 Å². The molecule has 1 atom stereocenters. The number of methoxy groups -OCH3 is 1. The van der Waals surface area contributed by atoms with Crippen LogP contribution in [0.15, 0.2) is 29.5 Å². The number of hydrogen-bond acceptors (Lipinski definition) is 5. The van der Waals surface area contributed by atoms with Crippen molar-refractivity contribution >= 4 is 23.3 Å². The normalized spacial score (nSPS) is 17.0. The summed E-state index contributed by atoms with van der Waals surface area (Å²) in [7, 11) is 1.58. The van der Waals surface area contributed by atoms with Crippen LogP contribution in [0, 0.1) is 0 Å². The number of rotatable bonds is 6. The number of hydrogen-bond donors (Lipinski definition) is 2. The van der Waals surface area contributed by atoms with Crippen molar-refractivity contribution in [2.24, 2.45) is 0 Å². The van der Waals surface area contributed by atoms with Crippen molar-refractivity contribution in [1.29, 1.82) is 0 Å². The molecular formula is C17H22N2O4S. The highest BCUT2D eigenvalue weighted by Crippen LogP contribution is 2.39. The zero-order chi connectivity index (χ0) is 17.7. The minimum atomic E-state index is -0.477. The smallest absolute Gasteiger partial charge is 0.338 e. The second-order valence-corrected chi connectivity index (χ2v) is 5.51. The summed E-state index contributed by atoms with van der Waals surface area (Å²) < 4.78 is 16.4. The lowest BCUT2D eigenvalue weighted by Crippen LogP contribution is -2.45. The molecule has 24 heavy (non-hydrogen) atoms. The topological polar surface area (TPSA) is 68.8 Å². The Balaban J connectivity index is 2.57. The zero-order valence-electron chi connectivity index (χ0n) is 14.3. The lowest BCUT2D eigenvalue weighted by Gasteiger charge is -2.31. The highest BCUT2D eigenvalue weighted by molar-refractivity contribution is 7.80. The molecule has 6 nitrogen and oxygen atoms in total. The fraction of sp³-hybridized carbons (Fsp3) is 0.412. The van der Waals surface area contributed by atoms with Crippen LogP contribution in [0.1, 0.15) is 32.4 Å². The van der Waals surface area contributed by atoms with E-state index in [0.29, 0.717) is 41.1 Å². The Morgan fingerprint density at radius 3 is 2.67 bits per heavy atom. The van der Waals surface area contributed by atoms with Crippen LogP contribution in [0.3, 0.4) is 0 Å². The van der Waals surface area contributed by atoms with Gasteiger partial charge in [0.2, 0.25) is 0 Å². The molecule has 2 N–H and O–H groups in total. The molecule has 0 radical (unpaired) electrons. The van der Waals surface area contributed by atoms with Crippen molar-refractivity contribution in [2.75, 3.05) is 20.3 Å². The molecular weight excluding hydrogens is 328 g/mol. The van der Waals surface area contributed by atoms with Crippen LogP contribution in [-0.4, -0.2) is 31.4 Å². The number of thiocarbonyl (C=S) groups is 1. The van der Waals surface area contributed by atoms with Crippen molar-refractivity contribution in [2.45, 2.75) is 26.8 Å². The molecule has 1 aromatic rings. The number of allylic oxidation sites excluding steroid dienone is 1. The molecule has 0 fully saturated rings. The first-order chi connectivity index (χ1) is 11.5. The molecule has 0 unspecified atom stereocenters. The highest BCUT2D eigenvalue weighted by Gasteiger charge is 2.33. The van der Waals surface area contributed by atoms with E-state index in [1.165, 1.54) is 0 Å². The molecule has 0 aromatic heterocycles. The Bertz CT molecular complexity index is 673. The van der Waals surface area contributed by atoms with Gasteiger partial charge in [0, 0.05) is 11.3 Å². The molecule has 1 aliphatic heterocycles. The van der Waals surface area contributed by atoms with Gasteiger partial charge in [-0.05, 0) is 39.1 Å². The molecule has 0 bridgehead atoms. The Kier molecular flexibility index (Phi) is 6.03. The average Bonchev–Trinajstić information content (AvgIpc) is 2.54. The molecule has 0 spiro atoms. The summed E-state index contributed by atoms with van der Waals surface area (Å²) in [6.45, 7) is 6.23. The molecule has 1 aromatic carbocycles. The largest absolute Gasteiger partial charge is 0.493 e. The molecule has 0 saturated heterocycles. The molecule has 7 heteroatoms. The predicted octanol–water partition coefficient (Wildman–Crippen LogP) is 2.45. The number of para-hydroxylation sites is 1. The van der Waals surface area contributed by atoms with Crippen LogP contribution in [0.5, 0.6) is 11.5 Å². The predicted molar refractivity (Wildman–Crippen MR) is 95.1 cm³/mol. The minimum Gasteiger partial charge on any atom is -0.493 e. The Morgan fingerprint density at radius 1 is 1.29 bits per heavy atom. The number of ether oxygens (including phenoxy) is 3. The van der Waals surface area contributed by atoms with Gasteiger partial charge in [-0.2, -0.15) is 0 Å². The Hall–Kier alpha value is -2.28. The van der Waals surface area contributed by atoms with E-state index in [2.05, 4.69) is 10.6 Å². The molecule has 0 aliphatic carbocycles. The number of carbonyl (C=O) groups is 1. The number of benzene rings is 1. The van der Waals surface area contributed by atoms with Crippen LogP contribution in [0.25, 0.3) is 0 Å². The maximum atomic E-state index is 12.4. The van der Waals surface area contributed by atoms with Crippen molar-refractivity contribution in [3.8, 4) is 11.5 Å². The summed E-state index contributed by atoms with van der Waals surface area (Å²) >= 11 is 5.25. The number of carbonyl (C=O) groups excluding carboxylic acids is 1. The van der Waals surface area contributed by atoms with Gasteiger partial charge in [-0.15, -0.1) is 0 Å². The Morgan fingerprint density at radius 2 is 2.04 bits per heavy atom. The van der Waals surface area contributed by atoms with Gasteiger partial charge in [0.25, 0.3) is 0 Å². The van der Waals surface area contributed by atoms with E-state index in [0.717, 1.165) is 5.56 Å². The van der Waals surface area contributed by atoms with Crippen LogP contribution in [0.4, 0.5) is 0 Å². The zero-order valence-corrected chi connectivity index (χ0v) is 15.1. The quantitative estimate of drug-likeness (QED) is 0.603. The van der Waals surface area contributed by atoms with E-state index >= 15 is 0 Å². The minimum absolute atomic E-state index is 0.295. The lowest BCUT2D eigenvalue weighted by atomic mass is 9.94. The second kappa shape index (κ2) is 8.01. The fourth-order valence-corrected chi connectivity index (χ4v) is 2.90. The summed E-state index contributed by atoms with van der Waals surface area (Å²) in [5, 5.41) is 6.54. The SMILES string of the molecule is CCOC(=O)C1=C(C)NC(=S)N[C@H]1c1cccc(OC)c1OCC. The first-order valence-corrected chi connectivity index (χ1v) is 8.19. The van der Waals surface area contributed by atoms with Crippen LogP contribution in [-0.2, 0) is 9.53 Å². The average molecular weight is 350 g/mol. The summed E-state index contributed by atoms with van der Waals surface area (Å²) in [5.41, 5.74) is 1.90. The van der Waals surface area contributed by atoms with Gasteiger partial charge < -0.3 is 24.8 Å². The first-order valence-electron chi connectivity index (χ1n) is 7.78. The van der Waals surface area contributed by atoms with E-state index in [9.17, 15) is 4.79 Å². The third-order valence-corrected chi connectivity index (χ3v) is 3.81. The number of nitrogens with one attached hydrogen (secondary N) is 2. The highest BCUT2D eigenvalue weighted by atomic mass is 32.1. The first kappa shape index (κ1) is 18.1. The summed E-state index contributed by atoms with van der Waals surface area (Å²) in [6.07, 6.45) is 0. The third-order valence-electron chi connectivity index (χ3n) is 3.59. The molecule has 1 heterocycles. The van der Waals surface area contributed by atoms with Gasteiger partial charge in [0.1, 0.15) is 0 Å². The van der Waals surface area contributed by atoms with Crippen LogP contribution >= 0.6 is 12.2 Å². The summed E-state index contributed by atoms with van der Waals surface area (Å²) in [5.74, 6) is 0.786. The van der Waals surface area contributed by atoms with Crippen LogP contribution in [0.2, 0.25) is 0 Å². The molecule has 0 saturated carbocycles. The van der Waals surface area contributed by atoms with E-state index in [1.54, 1.807) is 21.0 Å². The van der Waals surface area contributed by atoms with E-state index in [4.69, 9.17) is 26.4 Å². The summed E-state index contributed by atoms with van der Waals surface area (Å²) in [4.78, 5) is 12.4. The van der Waals surface area contributed by atoms with Crippen molar-refractivity contribution in [3.63, 3.8) is 0 Å². The molecule has 1 aliphatic rings. The molecule has 0 amide bonds. The fourth-order valence-electron chi connectivity index (χ4n) is 2.63. The van der Waals surface area contributed by atoms with Gasteiger partial charge in [-0.1, -0.05) is 12.1 Å². The lowest BCUT2D eigenvalue weighted by molar-refractivity contribution is -0.139. The van der Waals surface area contributed by atoms with Gasteiger partial charge in [0.05, 0.1) is 31.9 Å². The molecule has 130 valence electrons. The number of esters is 1. The van der Waals surface area contributed by atoms with Crippen molar-refractivity contribution in [1.82, 2.24) is 10.6 Å². The van der Waals surface area contributed by atoms with Crippen LogP contribution < -0.4 is 20.1 Å². The van der Waals surface area contributed by atoms with Gasteiger partial charge in [-0.25, -0.2) is 4.79 Å². The second-order valence-electron chi connectivity index (χ2n) is 5.10. The Labute approximate surface area is 147 Å². The van der Waals surface area contributed by atoms with E-state index in [-0.39, 0.29) is 0 Å².